The molecule has 7 heteroatoms. The number of carbonyl (C=O) groups is 2. The van der Waals surface area contributed by atoms with Crippen LogP contribution in [-0.4, -0.2) is 47.5 Å². The van der Waals surface area contributed by atoms with Crippen molar-refractivity contribution < 1.29 is 14.3 Å². The molecular formula is C25H28ClN3O3. The number of fused-ring (bicyclic) bond motifs is 1. The van der Waals surface area contributed by atoms with E-state index in [1.165, 1.54) is 23.8 Å². The number of rotatable bonds is 5. The topological polar surface area (TPSA) is 74.4 Å². The fourth-order valence-corrected chi connectivity index (χ4v) is 4.71. The van der Waals surface area contributed by atoms with E-state index in [1.54, 1.807) is 6.07 Å². The van der Waals surface area contributed by atoms with E-state index < -0.39 is 6.04 Å². The fraction of sp³-hybridized carbons (Fsp3) is 0.360. The number of aryl methyl sites for hydroxylation is 3. The molecule has 1 saturated heterocycles. The number of methoxy groups -OCH3 is 1. The lowest BCUT2D eigenvalue weighted by Crippen LogP contribution is -2.38. The van der Waals surface area contributed by atoms with Crippen molar-refractivity contribution in [2.24, 2.45) is 0 Å². The zero-order valence-electron chi connectivity index (χ0n) is 18.8. The summed E-state index contributed by atoms with van der Waals surface area (Å²) in [5, 5.41) is 4.67. The smallest absolute Gasteiger partial charge is 0.323 e. The van der Waals surface area contributed by atoms with E-state index >= 15 is 0 Å². The van der Waals surface area contributed by atoms with E-state index in [-0.39, 0.29) is 17.9 Å². The fourth-order valence-electron chi connectivity index (χ4n) is 4.54. The van der Waals surface area contributed by atoms with Gasteiger partial charge in [0.1, 0.15) is 11.7 Å². The van der Waals surface area contributed by atoms with Gasteiger partial charge in [-0.3, -0.25) is 14.5 Å². The third-order valence-corrected chi connectivity index (χ3v) is 6.57. The summed E-state index contributed by atoms with van der Waals surface area (Å²) in [4.78, 5) is 30.8. The van der Waals surface area contributed by atoms with Crippen molar-refractivity contribution in [2.75, 3.05) is 13.7 Å². The minimum absolute atomic E-state index is 0.161. The molecule has 4 rings (SSSR count). The van der Waals surface area contributed by atoms with E-state index in [4.69, 9.17) is 16.3 Å². The number of esters is 1. The van der Waals surface area contributed by atoms with Crippen LogP contribution in [0.2, 0.25) is 5.02 Å². The number of benzene rings is 2. The number of aromatic nitrogens is 1. The highest BCUT2D eigenvalue weighted by atomic mass is 35.5. The molecule has 32 heavy (non-hydrogen) atoms. The van der Waals surface area contributed by atoms with Crippen molar-refractivity contribution in [3.63, 3.8) is 0 Å². The van der Waals surface area contributed by atoms with Crippen LogP contribution in [0.4, 0.5) is 0 Å². The van der Waals surface area contributed by atoms with Gasteiger partial charge in [-0.15, -0.1) is 0 Å². The van der Waals surface area contributed by atoms with Crippen molar-refractivity contribution >= 4 is 34.4 Å². The Balaban J connectivity index is 1.53. The summed E-state index contributed by atoms with van der Waals surface area (Å²) < 4.78 is 5.05. The maximum Gasteiger partial charge on any atom is 0.323 e. The van der Waals surface area contributed by atoms with Crippen LogP contribution in [0, 0.1) is 20.8 Å². The lowest BCUT2D eigenvalue weighted by atomic mass is 10.0. The molecule has 0 bridgehead atoms. The maximum absolute atomic E-state index is 13.1. The van der Waals surface area contributed by atoms with Crippen LogP contribution in [0.15, 0.2) is 36.4 Å². The number of aromatic amines is 1. The molecule has 1 aliphatic rings. The molecule has 0 saturated carbocycles. The summed E-state index contributed by atoms with van der Waals surface area (Å²) >= 11 is 6.12. The zero-order chi connectivity index (χ0) is 23.0. The second-order valence-electron chi connectivity index (χ2n) is 8.62. The molecule has 0 aliphatic carbocycles. The Labute approximate surface area is 192 Å². The van der Waals surface area contributed by atoms with Crippen molar-refractivity contribution in [1.82, 2.24) is 15.2 Å². The van der Waals surface area contributed by atoms with Crippen LogP contribution in [0.3, 0.4) is 0 Å². The van der Waals surface area contributed by atoms with Gasteiger partial charge >= 0.3 is 5.97 Å². The molecular weight excluding hydrogens is 426 g/mol. The molecule has 0 radical (unpaired) electrons. The second kappa shape index (κ2) is 8.96. The SMILES string of the molecule is COC(=O)[C@@H]1C[C@@H](NC(=O)c2[nH]c3ccc(Cl)cc3c2C)CN1Cc1cc(C)ccc1C. The van der Waals surface area contributed by atoms with Crippen LogP contribution in [-0.2, 0) is 16.1 Å². The number of likely N-dealkylation sites (tertiary alicyclic amines) is 1. The van der Waals surface area contributed by atoms with E-state index in [9.17, 15) is 9.59 Å². The first-order chi connectivity index (χ1) is 15.3. The van der Waals surface area contributed by atoms with Crippen LogP contribution in [0.25, 0.3) is 10.9 Å². The monoisotopic (exact) mass is 453 g/mol. The summed E-state index contributed by atoms with van der Waals surface area (Å²) in [5.74, 6) is -0.458. The van der Waals surface area contributed by atoms with Crippen molar-refractivity contribution in [3.05, 3.63) is 69.4 Å². The van der Waals surface area contributed by atoms with Gasteiger partial charge in [-0.1, -0.05) is 35.4 Å². The summed E-state index contributed by atoms with van der Waals surface area (Å²) in [6, 6.07) is 11.3. The number of halogens is 1. The van der Waals surface area contributed by atoms with Crippen molar-refractivity contribution in [2.45, 2.75) is 45.8 Å². The molecule has 0 unspecified atom stereocenters. The average molecular weight is 454 g/mol. The number of amides is 1. The predicted octanol–water partition coefficient (Wildman–Crippen LogP) is 4.29. The minimum atomic E-state index is -0.396. The molecule has 2 aromatic carbocycles. The molecule has 1 aromatic heterocycles. The Kier molecular flexibility index (Phi) is 6.26. The molecule has 1 amide bonds. The molecule has 2 atom stereocenters. The quantitative estimate of drug-likeness (QED) is 0.565. The van der Waals surface area contributed by atoms with Gasteiger partial charge in [-0.05, 0) is 62.1 Å². The summed E-state index contributed by atoms with van der Waals surface area (Å²) in [5.41, 5.74) is 5.78. The number of nitrogens with one attached hydrogen (secondary N) is 2. The maximum atomic E-state index is 13.1. The van der Waals surface area contributed by atoms with Gasteiger partial charge in [0.25, 0.3) is 5.91 Å². The van der Waals surface area contributed by atoms with E-state index in [1.807, 2.05) is 19.1 Å². The van der Waals surface area contributed by atoms with Gasteiger partial charge < -0.3 is 15.0 Å². The van der Waals surface area contributed by atoms with Gasteiger partial charge in [-0.25, -0.2) is 0 Å². The molecule has 0 spiro atoms. The van der Waals surface area contributed by atoms with E-state index in [0.717, 1.165) is 16.5 Å². The number of hydrogen-bond acceptors (Lipinski definition) is 4. The van der Waals surface area contributed by atoms with Crippen LogP contribution in [0.1, 0.15) is 39.2 Å². The van der Waals surface area contributed by atoms with Gasteiger partial charge in [0.15, 0.2) is 0 Å². The first kappa shape index (κ1) is 22.4. The van der Waals surface area contributed by atoms with Crippen LogP contribution < -0.4 is 5.32 Å². The summed E-state index contributed by atoms with van der Waals surface area (Å²) in [6.45, 7) is 7.24. The average Bonchev–Trinajstić information content (AvgIpc) is 3.31. The highest BCUT2D eigenvalue weighted by Gasteiger charge is 2.38. The van der Waals surface area contributed by atoms with Gasteiger partial charge in [-0.2, -0.15) is 0 Å². The molecule has 6 nitrogen and oxygen atoms in total. The lowest BCUT2D eigenvalue weighted by Gasteiger charge is -2.23. The number of carbonyl (C=O) groups excluding carboxylic acids is 2. The Hall–Kier alpha value is -2.83. The molecule has 1 fully saturated rings. The standard InChI is InChI=1S/C25H28ClN3O3/c1-14-5-6-15(2)17(9-14)12-29-13-19(11-22(29)25(31)32-4)27-24(30)23-16(3)20-10-18(26)7-8-21(20)28-23/h5-10,19,22,28H,11-13H2,1-4H3,(H,27,30)/t19-,22+/m1/s1. The number of nitrogens with zero attached hydrogens (tertiary/aromatic N) is 1. The number of ether oxygens (including phenoxy) is 1. The Bertz CT molecular complexity index is 1190. The first-order valence-corrected chi connectivity index (χ1v) is 11.1. The summed E-state index contributed by atoms with van der Waals surface area (Å²) in [7, 11) is 1.41. The molecule has 168 valence electrons. The minimum Gasteiger partial charge on any atom is -0.468 e. The molecule has 2 heterocycles. The Morgan fingerprint density at radius 3 is 2.72 bits per heavy atom. The number of H-pyrrole nitrogens is 1. The molecule has 3 aromatic rings. The Morgan fingerprint density at radius 2 is 1.97 bits per heavy atom. The predicted molar refractivity (Wildman–Crippen MR) is 126 cm³/mol. The van der Waals surface area contributed by atoms with Crippen LogP contribution >= 0.6 is 11.6 Å². The zero-order valence-corrected chi connectivity index (χ0v) is 19.5. The van der Waals surface area contributed by atoms with E-state index in [0.29, 0.717) is 30.2 Å². The second-order valence-corrected chi connectivity index (χ2v) is 9.06. The summed E-state index contributed by atoms with van der Waals surface area (Å²) in [6.07, 6.45) is 0.508. The van der Waals surface area contributed by atoms with Gasteiger partial charge in [0.05, 0.1) is 7.11 Å². The van der Waals surface area contributed by atoms with Crippen LogP contribution in [0.5, 0.6) is 0 Å². The van der Waals surface area contributed by atoms with Crippen molar-refractivity contribution in [3.8, 4) is 0 Å². The third kappa shape index (κ3) is 4.38. The highest BCUT2D eigenvalue weighted by Crippen LogP contribution is 2.27. The highest BCUT2D eigenvalue weighted by molar-refractivity contribution is 6.31. The van der Waals surface area contributed by atoms with Crippen molar-refractivity contribution in [1.29, 1.82) is 0 Å². The number of hydrogen-bond donors (Lipinski definition) is 2. The lowest BCUT2D eigenvalue weighted by molar-refractivity contribution is -0.146. The molecule has 1 aliphatic heterocycles. The largest absolute Gasteiger partial charge is 0.468 e. The first-order valence-electron chi connectivity index (χ1n) is 10.7. The molecule has 2 N–H and O–H groups in total. The Morgan fingerprint density at radius 1 is 1.19 bits per heavy atom. The normalized spacial score (nSPS) is 18.8. The third-order valence-electron chi connectivity index (χ3n) is 6.34. The van der Waals surface area contributed by atoms with E-state index in [2.05, 4.69) is 47.2 Å². The van der Waals surface area contributed by atoms with Gasteiger partial charge in [0.2, 0.25) is 0 Å². The van der Waals surface area contributed by atoms with Gasteiger partial charge in [0, 0.05) is 35.1 Å².